The zero-order chi connectivity index (χ0) is 22.5. The maximum absolute atomic E-state index is 12.7. The summed E-state index contributed by atoms with van der Waals surface area (Å²) in [4.78, 5) is 37.4. The van der Waals surface area contributed by atoms with Crippen molar-refractivity contribution in [1.29, 1.82) is 0 Å². The van der Waals surface area contributed by atoms with Crippen LogP contribution in [0.4, 0.5) is 5.82 Å². The summed E-state index contributed by atoms with van der Waals surface area (Å²) >= 11 is 9.26. The van der Waals surface area contributed by atoms with Crippen molar-refractivity contribution in [2.24, 2.45) is 0 Å². The summed E-state index contributed by atoms with van der Waals surface area (Å²) in [5, 5.41) is 21.3. The Morgan fingerprint density at radius 1 is 1.13 bits per heavy atom. The average Bonchev–Trinajstić information content (AvgIpc) is 3.12. The molecule has 3 aromatic rings. The Kier molecular flexibility index (Phi) is 6.93. The van der Waals surface area contributed by atoms with Crippen molar-refractivity contribution in [3.8, 4) is 5.75 Å². The standard InChI is InChI=1S/C20H16BrClN4O5/c1-31-20(30)15(10-6-8-11(27)9-7-10)23-19(29)16-14(21)17(26-25-16)24-18(28)12-4-2-3-5-13(12)22/h2-9,15,27H,1H3,(H,23,29)(H2,24,25,26,28). The second-order valence-corrected chi connectivity index (χ2v) is 7.42. The van der Waals surface area contributed by atoms with Gasteiger partial charge in [0.15, 0.2) is 11.7 Å². The fourth-order valence-corrected chi connectivity index (χ4v) is 3.33. The van der Waals surface area contributed by atoms with Crippen LogP contribution in [0.15, 0.2) is 53.0 Å². The number of nitrogens with zero attached hydrogens (tertiary/aromatic N) is 1. The van der Waals surface area contributed by atoms with E-state index in [1.54, 1.807) is 24.3 Å². The van der Waals surface area contributed by atoms with Gasteiger partial charge in [0.1, 0.15) is 11.6 Å². The van der Waals surface area contributed by atoms with Gasteiger partial charge in [-0.25, -0.2) is 4.79 Å². The predicted molar refractivity (Wildman–Crippen MR) is 116 cm³/mol. The number of methoxy groups -OCH3 is 1. The summed E-state index contributed by atoms with van der Waals surface area (Å²) in [5.41, 5.74) is 0.550. The highest BCUT2D eigenvalue weighted by Gasteiger charge is 2.27. The van der Waals surface area contributed by atoms with E-state index in [4.69, 9.17) is 16.3 Å². The number of hydrogen-bond acceptors (Lipinski definition) is 6. The summed E-state index contributed by atoms with van der Waals surface area (Å²) in [6, 6.07) is 11.1. The number of anilines is 1. The smallest absolute Gasteiger partial charge is 0.333 e. The molecule has 3 rings (SSSR count). The van der Waals surface area contributed by atoms with Crippen LogP contribution in [0.3, 0.4) is 0 Å². The number of hydrogen-bond donors (Lipinski definition) is 4. The molecule has 0 aliphatic rings. The summed E-state index contributed by atoms with van der Waals surface area (Å²) in [6.45, 7) is 0. The molecule has 0 aliphatic carbocycles. The monoisotopic (exact) mass is 506 g/mol. The lowest BCUT2D eigenvalue weighted by molar-refractivity contribution is -0.143. The van der Waals surface area contributed by atoms with Gasteiger partial charge in [-0.15, -0.1) is 0 Å². The van der Waals surface area contributed by atoms with Gasteiger partial charge >= 0.3 is 5.97 Å². The first-order valence-electron chi connectivity index (χ1n) is 8.79. The van der Waals surface area contributed by atoms with Gasteiger partial charge in [0.05, 0.1) is 22.2 Å². The molecule has 1 unspecified atom stereocenters. The van der Waals surface area contributed by atoms with E-state index in [1.165, 1.54) is 31.4 Å². The SMILES string of the molecule is COC(=O)C(NC(=O)c1n[nH]c(NC(=O)c2ccccc2Cl)c1Br)c1ccc(O)cc1. The van der Waals surface area contributed by atoms with Gasteiger partial charge in [-0.05, 0) is 45.8 Å². The molecular weight excluding hydrogens is 492 g/mol. The van der Waals surface area contributed by atoms with E-state index < -0.39 is 23.8 Å². The molecule has 1 atom stereocenters. The Labute approximate surface area is 189 Å². The van der Waals surface area contributed by atoms with Gasteiger partial charge in [-0.1, -0.05) is 35.9 Å². The number of nitrogens with one attached hydrogen (secondary N) is 3. The van der Waals surface area contributed by atoms with Crippen LogP contribution < -0.4 is 10.6 Å². The van der Waals surface area contributed by atoms with E-state index in [9.17, 15) is 19.5 Å². The number of phenols is 1. The highest BCUT2D eigenvalue weighted by Crippen LogP contribution is 2.26. The molecule has 160 valence electrons. The minimum absolute atomic E-state index is 0.00707. The topological polar surface area (TPSA) is 133 Å². The number of carbonyl (C=O) groups is 3. The molecule has 1 aromatic heterocycles. The van der Waals surface area contributed by atoms with E-state index in [1.807, 2.05) is 0 Å². The van der Waals surface area contributed by atoms with Crippen molar-refractivity contribution < 1.29 is 24.2 Å². The number of benzene rings is 2. The molecule has 9 nitrogen and oxygen atoms in total. The number of ether oxygens (including phenoxy) is 1. The molecule has 2 aromatic carbocycles. The predicted octanol–water partition coefficient (Wildman–Crippen LogP) is 3.43. The number of rotatable bonds is 6. The molecule has 11 heteroatoms. The van der Waals surface area contributed by atoms with Crippen molar-refractivity contribution in [3.63, 3.8) is 0 Å². The van der Waals surface area contributed by atoms with E-state index in [-0.39, 0.29) is 32.3 Å². The zero-order valence-corrected chi connectivity index (χ0v) is 18.3. The van der Waals surface area contributed by atoms with Gasteiger partial charge in [-0.2, -0.15) is 5.10 Å². The molecule has 31 heavy (non-hydrogen) atoms. The summed E-state index contributed by atoms with van der Waals surface area (Å²) in [7, 11) is 1.19. The van der Waals surface area contributed by atoms with Gasteiger partial charge < -0.3 is 20.5 Å². The Hall–Kier alpha value is -3.37. The van der Waals surface area contributed by atoms with Crippen molar-refractivity contribution in [1.82, 2.24) is 15.5 Å². The highest BCUT2D eigenvalue weighted by atomic mass is 79.9. The first-order chi connectivity index (χ1) is 14.8. The number of phenolic OH excluding ortho intramolecular Hbond substituents is 1. The number of aromatic hydroxyl groups is 1. The largest absolute Gasteiger partial charge is 0.508 e. The van der Waals surface area contributed by atoms with Crippen LogP contribution in [0.5, 0.6) is 5.75 Å². The number of carbonyl (C=O) groups excluding carboxylic acids is 3. The third kappa shape index (κ3) is 5.04. The number of H-pyrrole nitrogens is 1. The molecule has 1 heterocycles. The zero-order valence-electron chi connectivity index (χ0n) is 16.0. The molecule has 0 bridgehead atoms. The molecule has 0 radical (unpaired) electrons. The van der Waals surface area contributed by atoms with Crippen LogP contribution >= 0.6 is 27.5 Å². The lowest BCUT2D eigenvalue weighted by Crippen LogP contribution is -2.34. The summed E-state index contributed by atoms with van der Waals surface area (Å²) in [6.07, 6.45) is 0. The van der Waals surface area contributed by atoms with E-state index >= 15 is 0 Å². The number of amides is 2. The van der Waals surface area contributed by atoms with Crippen LogP contribution in [-0.2, 0) is 9.53 Å². The van der Waals surface area contributed by atoms with E-state index in [0.29, 0.717) is 5.56 Å². The fourth-order valence-electron chi connectivity index (χ4n) is 2.65. The van der Waals surface area contributed by atoms with E-state index in [2.05, 4.69) is 36.8 Å². The van der Waals surface area contributed by atoms with E-state index in [0.717, 1.165) is 0 Å². The molecule has 2 amide bonds. The molecule has 0 spiro atoms. The van der Waals surface area contributed by atoms with Crippen LogP contribution in [0.2, 0.25) is 5.02 Å². The first-order valence-corrected chi connectivity index (χ1v) is 9.96. The fraction of sp³-hybridized carbons (Fsp3) is 0.100. The molecule has 0 aliphatic heterocycles. The average molecular weight is 508 g/mol. The second-order valence-electron chi connectivity index (χ2n) is 6.22. The Bertz CT molecular complexity index is 1130. The third-order valence-electron chi connectivity index (χ3n) is 4.22. The van der Waals surface area contributed by atoms with Crippen molar-refractivity contribution >= 4 is 51.1 Å². The molecule has 0 saturated carbocycles. The summed E-state index contributed by atoms with van der Waals surface area (Å²) in [5.74, 6) is -1.77. The second kappa shape index (κ2) is 9.63. The highest BCUT2D eigenvalue weighted by molar-refractivity contribution is 9.10. The number of aromatic amines is 1. The quantitative estimate of drug-likeness (QED) is 0.378. The van der Waals surface area contributed by atoms with Crippen LogP contribution in [-0.4, -0.2) is 40.2 Å². The lowest BCUT2D eigenvalue weighted by atomic mass is 10.1. The normalized spacial score (nSPS) is 11.5. The Morgan fingerprint density at radius 2 is 1.81 bits per heavy atom. The molecule has 0 saturated heterocycles. The lowest BCUT2D eigenvalue weighted by Gasteiger charge is -2.16. The third-order valence-corrected chi connectivity index (χ3v) is 5.32. The van der Waals surface area contributed by atoms with Crippen LogP contribution in [0, 0.1) is 0 Å². The van der Waals surface area contributed by atoms with Gasteiger partial charge in [0, 0.05) is 0 Å². The van der Waals surface area contributed by atoms with Crippen LogP contribution in [0.25, 0.3) is 0 Å². The number of halogens is 2. The van der Waals surface area contributed by atoms with Gasteiger partial charge in [0.2, 0.25) is 0 Å². The van der Waals surface area contributed by atoms with Crippen molar-refractivity contribution in [3.05, 3.63) is 74.8 Å². The number of aromatic nitrogens is 2. The maximum Gasteiger partial charge on any atom is 0.333 e. The molecule has 0 fully saturated rings. The van der Waals surface area contributed by atoms with Crippen LogP contribution in [0.1, 0.15) is 32.5 Å². The Morgan fingerprint density at radius 3 is 2.45 bits per heavy atom. The molecule has 4 N–H and O–H groups in total. The summed E-state index contributed by atoms with van der Waals surface area (Å²) < 4.78 is 4.94. The van der Waals surface area contributed by atoms with Gasteiger partial charge in [0.25, 0.3) is 11.8 Å². The first kappa shape index (κ1) is 22.3. The minimum Gasteiger partial charge on any atom is -0.508 e. The minimum atomic E-state index is -1.14. The maximum atomic E-state index is 12.7. The number of esters is 1. The van der Waals surface area contributed by atoms with Crippen molar-refractivity contribution in [2.75, 3.05) is 12.4 Å². The molecular formula is C20H16BrClN4O5. The van der Waals surface area contributed by atoms with Gasteiger partial charge in [-0.3, -0.25) is 14.7 Å². The van der Waals surface area contributed by atoms with Crippen molar-refractivity contribution in [2.45, 2.75) is 6.04 Å². The Balaban J connectivity index is 1.79.